The Kier molecular flexibility index (Phi) is 5.84. The van der Waals surface area contributed by atoms with Crippen molar-refractivity contribution in [3.8, 4) is 5.75 Å². The minimum absolute atomic E-state index is 0.182. The van der Waals surface area contributed by atoms with Crippen molar-refractivity contribution in [2.75, 3.05) is 0 Å². The highest BCUT2D eigenvalue weighted by Crippen LogP contribution is 2.27. The van der Waals surface area contributed by atoms with Gasteiger partial charge in [0.25, 0.3) is 0 Å². The predicted octanol–water partition coefficient (Wildman–Crippen LogP) is 6.53. The Labute approximate surface area is 161 Å². The van der Waals surface area contributed by atoms with E-state index in [2.05, 4.69) is 46.9 Å². The normalized spacial score (nSPS) is 11.1. The molecule has 0 unspecified atom stereocenters. The fourth-order valence-electron chi connectivity index (χ4n) is 2.58. The summed E-state index contributed by atoms with van der Waals surface area (Å²) in [6.45, 7) is 4.30. The molecular weight excluding hydrogens is 393 g/mol. The third-order valence-electron chi connectivity index (χ3n) is 4.00. The second-order valence-electron chi connectivity index (χ2n) is 6.12. The van der Waals surface area contributed by atoms with Gasteiger partial charge in [-0.1, -0.05) is 35.9 Å². The first-order valence-electron chi connectivity index (χ1n) is 8.30. The smallest absolute Gasteiger partial charge is 0.134 e. The number of rotatable bonds is 5. The summed E-state index contributed by atoms with van der Waals surface area (Å²) in [5, 5.41) is 0. The highest BCUT2D eigenvalue weighted by molar-refractivity contribution is 9.10. The van der Waals surface area contributed by atoms with E-state index in [0.717, 1.165) is 21.3 Å². The van der Waals surface area contributed by atoms with Crippen molar-refractivity contribution in [3.05, 3.63) is 93.2 Å². The van der Waals surface area contributed by atoms with Gasteiger partial charge in [-0.25, -0.2) is 4.39 Å². The van der Waals surface area contributed by atoms with Crippen LogP contribution < -0.4 is 4.74 Å². The standard InChI is InChI=1S/C22H19BrFNO/c1-15-7-9-21(16(2)11-15)25-13-17-8-10-22(19(23)12-17)26-14-18-5-3-4-6-20(18)24/h3-13H,14H2,1-2H3. The lowest BCUT2D eigenvalue weighted by Crippen LogP contribution is -1.99. The van der Waals surface area contributed by atoms with Crippen LogP contribution >= 0.6 is 15.9 Å². The Balaban J connectivity index is 1.71. The van der Waals surface area contributed by atoms with Crippen LogP contribution in [0.1, 0.15) is 22.3 Å². The van der Waals surface area contributed by atoms with Crippen molar-refractivity contribution in [2.45, 2.75) is 20.5 Å². The first kappa shape index (κ1) is 18.3. The van der Waals surface area contributed by atoms with Gasteiger partial charge in [-0.2, -0.15) is 0 Å². The minimum Gasteiger partial charge on any atom is -0.488 e. The van der Waals surface area contributed by atoms with Crippen molar-refractivity contribution in [2.24, 2.45) is 4.99 Å². The molecule has 0 bridgehead atoms. The lowest BCUT2D eigenvalue weighted by Gasteiger charge is -2.09. The van der Waals surface area contributed by atoms with E-state index in [9.17, 15) is 4.39 Å². The summed E-state index contributed by atoms with van der Waals surface area (Å²) in [6.07, 6.45) is 1.82. The highest BCUT2D eigenvalue weighted by Gasteiger charge is 2.05. The molecule has 0 amide bonds. The van der Waals surface area contributed by atoms with Gasteiger partial charge in [0.1, 0.15) is 18.2 Å². The maximum absolute atomic E-state index is 13.7. The SMILES string of the molecule is Cc1ccc(N=Cc2ccc(OCc3ccccc3F)c(Br)c2)c(C)c1. The maximum atomic E-state index is 13.7. The van der Waals surface area contributed by atoms with Gasteiger partial charge >= 0.3 is 0 Å². The fraction of sp³-hybridized carbons (Fsp3) is 0.136. The molecule has 0 N–H and O–H groups in total. The monoisotopic (exact) mass is 411 g/mol. The number of nitrogens with zero attached hydrogens (tertiary/aromatic N) is 1. The van der Waals surface area contributed by atoms with Gasteiger partial charge in [-0.15, -0.1) is 0 Å². The molecule has 3 aromatic rings. The van der Waals surface area contributed by atoms with E-state index < -0.39 is 0 Å². The van der Waals surface area contributed by atoms with Crippen LogP contribution in [-0.2, 0) is 6.61 Å². The van der Waals surface area contributed by atoms with Gasteiger partial charge < -0.3 is 4.74 Å². The van der Waals surface area contributed by atoms with E-state index in [4.69, 9.17) is 4.74 Å². The Morgan fingerprint density at radius 3 is 2.58 bits per heavy atom. The van der Waals surface area contributed by atoms with Crippen LogP contribution in [0.25, 0.3) is 0 Å². The van der Waals surface area contributed by atoms with Crippen LogP contribution in [0, 0.1) is 19.7 Å². The molecule has 26 heavy (non-hydrogen) atoms. The van der Waals surface area contributed by atoms with Crippen molar-refractivity contribution >= 4 is 27.8 Å². The Bertz CT molecular complexity index is 953. The second-order valence-corrected chi connectivity index (χ2v) is 6.97. The molecule has 0 aliphatic carbocycles. The summed E-state index contributed by atoms with van der Waals surface area (Å²) in [5.41, 5.74) is 4.80. The second kappa shape index (κ2) is 8.28. The number of benzene rings is 3. The van der Waals surface area contributed by atoms with E-state index in [0.29, 0.717) is 11.3 Å². The molecule has 0 fully saturated rings. The van der Waals surface area contributed by atoms with E-state index >= 15 is 0 Å². The highest BCUT2D eigenvalue weighted by atomic mass is 79.9. The van der Waals surface area contributed by atoms with Crippen LogP contribution in [-0.4, -0.2) is 6.21 Å². The van der Waals surface area contributed by atoms with Gasteiger partial charge in [0.2, 0.25) is 0 Å². The molecule has 0 aliphatic rings. The Morgan fingerprint density at radius 1 is 1.04 bits per heavy atom. The lowest BCUT2D eigenvalue weighted by molar-refractivity contribution is 0.298. The zero-order valence-corrected chi connectivity index (χ0v) is 16.3. The fourth-order valence-corrected chi connectivity index (χ4v) is 3.09. The first-order valence-corrected chi connectivity index (χ1v) is 9.09. The topological polar surface area (TPSA) is 21.6 Å². The van der Waals surface area contributed by atoms with Crippen molar-refractivity contribution in [1.82, 2.24) is 0 Å². The zero-order valence-electron chi connectivity index (χ0n) is 14.7. The van der Waals surface area contributed by atoms with Crippen LogP contribution in [0.4, 0.5) is 10.1 Å². The molecule has 0 saturated carbocycles. The van der Waals surface area contributed by atoms with E-state index in [1.54, 1.807) is 18.2 Å². The first-order chi connectivity index (χ1) is 12.5. The number of ether oxygens (including phenoxy) is 1. The van der Waals surface area contributed by atoms with Crippen LogP contribution in [0.15, 0.2) is 70.1 Å². The predicted molar refractivity (Wildman–Crippen MR) is 108 cm³/mol. The minimum atomic E-state index is -0.263. The van der Waals surface area contributed by atoms with Gasteiger partial charge in [-0.3, -0.25) is 4.99 Å². The maximum Gasteiger partial charge on any atom is 0.134 e. The summed E-state index contributed by atoms with van der Waals surface area (Å²) in [5.74, 6) is 0.401. The third-order valence-corrected chi connectivity index (χ3v) is 4.62. The summed E-state index contributed by atoms with van der Waals surface area (Å²) < 4.78 is 20.2. The summed E-state index contributed by atoms with van der Waals surface area (Å²) in [4.78, 5) is 4.56. The quantitative estimate of drug-likeness (QED) is 0.437. The van der Waals surface area contributed by atoms with Crippen LogP contribution in [0.3, 0.4) is 0 Å². The largest absolute Gasteiger partial charge is 0.488 e. The lowest BCUT2D eigenvalue weighted by atomic mass is 10.1. The molecule has 0 saturated heterocycles. The molecule has 0 atom stereocenters. The van der Waals surface area contributed by atoms with Crippen molar-refractivity contribution < 1.29 is 9.13 Å². The number of halogens is 2. The van der Waals surface area contributed by atoms with Crippen molar-refractivity contribution in [3.63, 3.8) is 0 Å². The molecular formula is C22H19BrFNO. The average Bonchev–Trinajstić information content (AvgIpc) is 2.61. The van der Waals surface area contributed by atoms with Gasteiger partial charge in [-0.05, 0) is 71.2 Å². The van der Waals surface area contributed by atoms with Crippen molar-refractivity contribution in [1.29, 1.82) is 0 Å². The third kappa shape index (κ3) is 4.58. The molecule has 3 aromatic carbocycles. The van der Waals surface area contributed by atoms with Crippen LogP contribution in [0.2, 0.25) is 0 Å². The molecule has 132 valence electrons. The van der Waals surface area contributed by atoms with Gasteiger partial charge in [0, 0.05) is 11.8 Å². The summed E-state index contributed by atoms with van der Waals surface area (Å²) in [7, 11) is 0. The van der Waals surface area contributed by atoms with Crippen LogP contribution in [0.5, 0.6) is 5.75 Å². The average molecular weight is 412 g/mol. The Hall–Kier alpha value is -2.46. The van der Waals surface area contributed by atoms with Gasteiger partial charge in [0.05, 0.1) is 10.2 Å². The molecule has 0 spiro atoms. The molecule has 3 rings (SSSR count). The van der Waals surface area contributed by atoms with Gasteiger partial charge in [0.15, 0.2) is 0 Å². The number of aliphatic imine (C=N–C) groups is 1. The molecule has 0 aromatic heterocycles. The summed E-state index contributed by atoms with van der Waals surface area (Å²) >= 11 is 3.51. The van der Waals surface area contributed by atoms with E-state index in [1.807, 2.05) is 30.5 Å². The molecule has 0 heterocycles. The summed E-state index contributed by atoms with van der Waals surface area (Å²) in [6, 6.07) is 18.5. The molecule has 0 aliphatic heterocycles. The number of aryl methyl sites for hydroxylation is 2. The zero-order chi connectivity index (χ0) is 18.5. The van der Waals surface area contributed by atoms with E-state index in [-0.39, 0.29) is 12.4 Å². The van der Waals surface area contributed by atoms with E-state index in [1.165, 1.54) is 11.6 Å². The molecule has 2 nitrogen and oxygen atoms in total. The molecule has 4 heteroatoms. The molecule has 0 radical (unpaired) electrons. The number of hydrogen-bond acceptors (Lipinski definition) is 2. The number of hydrogen-bond donors (Lipinski definition) is 0. The Morgan fingerprint density at radius 2 is 1.85 bits per heavy atom.